The number of pyridine rings is 1. The number of aromatic nitrogens is 4. The van der Waals surface area contributed by atoms with Crippen molar-refractivity contribution in [3.8, 4) is 11.5 Å². The van der Waals surface area contributed by atoms with Gasteiger partial charge in [0, 0.05) is 32.4 Å². The van der Waals surface area contributed by atoms with E-state index in [4.69, 9.17) is 14.2 Å². The van der Waals surface area contributed by atoms with Crippen LogP contribution in [0.5, 0.6) is 11.5 Å². The Bertz CT molecular complexity index is 1220. The van der Waals surface area contributed by atoms with Crippen LogP contribution in [0.4, 0.5) is 0 Å². The van der Waals surface area contributed by atoms with Gasteiger partial charge in [-0.3, -0.25) is 9.69 Å². The molecule has 2 bridgehead atoms. The molecular weight excluding hydrogens is 486 g/mol. The predicted molar refractivity (Wildman–Crippen MR) is 140 cm³/mol. The lowest BCUT2D eigenvalue weighted by atomic mass is 10.2. The monoisotopic (exact) mass is 521 g/mol. The van der Waals surface area contributed by atoms with Crippen LogP contribution >= 0.6 is 0 Å². The second-order valence-corrected chi connectivity index (χ2v) is 9.95. The summed E-state index contributed by atoms with van der Waals surface area (Å²) in [6, 6.07) is 11.5. The molecule has 2 aromatic heterocycles. The Kier molecular flexibility index (Phi) is 8.47. The third kappa shape index (κ3) is 6.85. The van der Waals surface area contributed by atoms with E-state index in [2.05, 4.69) is 56.6 Å². The van der Waals surface area contributed by atoms with E-state index in [0.29, 0.717) is 45.2 Å². The van der Waals surface area contributed by atoms with Crippen LogP contribution < -0.4 is 14.8 Å². The predicted octanol–water partition coefficient (Wildman–Crippen LogP) is 1.60. The van der Waals surface area contributed by atoms with Gasteiger partial charge in [0.15, 0.2) is 11.4 Å². The van der Waals surface area contributed by atoms with Crippen molar-refractivity contribution in [1.29, 1.82) is 0 Å². The summed E-state index contributed by atoms with van der Waals surface area (Å²) in [5.41, 5.74) is 2.15. The number of nitrogens with zero attached hydrogens (tertiary/aromatic N) is 6. The second kappa shape index (κ2) is 12.3. The van der Waals surface area contributed by atoms with Gasteiger partial charge in [0.25, 0.3) is 5.91 Å². The minimum Gasteiger partial charge on any atom is -0.494 e. The highest BCUT2D eigenvalue weighted by Crippen LogP contribution is 2.22. The zero-order chi connectivity index (χ0) is 26.3. The maximum absolute atomic E-state index is 13.2. The molecular formula is C27H35N7O4. The van der Waals surface area contributed by atoms with Crippen molar-refractivity contribution in [1.82, 2.24) is 35.1 Å². The molecule has 0 spiro atoms. The van der Waals surface area contributed by atoms with Gasteiger partial charge < -0.3 is 24.4 Å². The summed E-state index contributed by atoms with van der Waals surface area (Å²) in [6.45, 7) is 4.85. The molecule has 202 valence electrons. The summed E-state index contributed by atoms with van der Waals surface area (Å²) in [5, 5.41) is 11.5. The number of carbonyl (C=O) groups is 1. The maximum atomic E-state index is 13.2. The summed E-state index contributed by atoms with van der Waals surface area (Å²) in [7, 11) is 4.12. The maximum Gasteiger partial charge on any atom is 0.274 e. The Hall–Kier alpha value is -3.54. The van der Waals surface area contributed by atoms with Gasteiger partial charge in [-0.2, -0.15) is 0 Å². The van der Waals surface area contributed by atoms with Gasteiger partial charge in [0.05, 0.1) is 38.1 Å². The van der Waals surface area contributed by atoms with E-state index in [0.717, 1.165) is 36.5 Å². The fourth-order valence-electron chi connectivity index (χ4n) is 4.72. The molecule has 1 N–H and O–H groups in total. The first-order chi connectivity index (χ1) is 18.5. The van der Waals surface area contributed by atoms with E-state index < -0.39 is 0 Å². The van der Waals surface area contributed by atoms with E-state index in [1.807, 2.05) is 18.3 Å². The average molecular weight is 522 g/mol. The molecule has 1 aromatic carbocycles. The van der Waals surface area contributed by atoms with Gasteiger partial charge in [-0.25, -0.2) is 9.67 Å². The largest absolute Gasteiger partial charge is 0.494 e. The van der Waals surface area contributed by atoms with E-state index in [1.165, 1.54) is 0 Å². The van der Waals surface area contributed by atoms with Gasteiger partial charge in [0.1, 0.15) is 18.1 Å². The first-order valence-electron chi connectivity index (χ1n) is 13.0. The SMILES string of the molecule is CN(C)CCCOc1cccc(CN2C[C@@H]3NC(=O)c4ncccc4OCCn4cc(nn4)CO[C@H]3C2)c1. The third-order valence-corrected chi connectivity index (χ3v) is 6.58. The average Bonchev–Trinajstić information content (AvgIpc) is 3.51. The fourth-order valence-corrected chi connectivity index (χ4v) is 4.72. The normalized spacial score (nSPS) is 20.2. The Morgan fingerprint density at radius 2 is 2.13 bits per heavy atom. The number of nitrogens with one attached hydrogen (secondary N) is 1. The summed E-state index contributed by atoms with van der Waals surface area (Å²) < 4.78 is 19.8. The molecule has 1 saturated heterocycles. The number of ether oxygens (including phenoxy) is 3. The summed E-state index contributed by atoms with van der Waals surface area (Å²) in [5.74, 6) is 1.04. The molecule has 11 heteroatoms. The van der Waals surface area contributed by atoms with Gasteiger partial charge in [-0.05, 0) is 50.3 Å². The smallest absolute Gasteiger partial charge is 0.274 e. The first kappa shape index (κ1) is 26.1. The molecule has 0 aliphatic carbocycles. The number of rotatable bonds is 7. The van der Waals surface area contributed by atoms with Crippen molar-refractivity contribution in [3.05, 3.63) is 65.7 Å². The van der Waals surface area contributed by atoms with Crippen molar-refractivity contribution in [2.24, 2.45) is 0 Å². The highest BCUT2D eigenvalue weighted by molar-refractivity contribution is 5.95. The topological polar surface area (TPSA) is 107 Å². The molecule has 2 atom stereocenters. The quantitative estimate of drug-likeness (QED) is 0.464. The van der Waals surface area contributed by atoms with Crippen LogP contribution in [0.25, 0.3) is 0 Å². The summed E-state index contributed by atoms with van der Waals surface area (Å²) >= 11 is 0. The molecule has 0 saturated carbocycles. The molecule has 2 aliphatic rings. The molecule has 38 heavy (non-hydrogen) atoms. The van der Waals surface area contributed by atoms with E-state index >= 15 is 0 Å². The highest BCUT2D eigenvalue weighted by atomic mass is 16.5. The Morgan fingerprint density at radius 1 is 1.21 bits per heavy atom. The Balaban J connectivity index is 1.28. The van der Waals surface area contributed by atoms with Crippen LogP contribution in [0.15, 0.2) is 48.8 Å². The number of hydrogen-bond acceptors (Lipinski definition) is 9. The summed E-state index contributed by atoms with van der Waals surface area (Å²) in [6.07, 6.45) is 4.22. The third-order valence-electron chi connectivity index (χ3n) is 6.58. The van der Waals surface area contributed by atoms with E-state index in [9.17, 15) is 4.79 Å². The van der Waals surface area contributed by atoms with Gasteiger partial charge >= 0.3 is 0 Å². The van der Waals surface area contributed by atoms with Gasteiger partial charge in [-0.15, -0.1) is 5.10 Å². The minimum absolute atomic E-state index is 0.217. The number of carbonyl (C=O) groups excluding carboxylic acids is 1. The van der Waals surface area contributed by atoms with Crippen LogP contribution in [-0.4, -0.2) is 94.8 Å². The van der Waals surface area contributed by atoms with Crippen LogP contribution in [0, 0.1) is 0 Å². The van der Waals surface area contributed by atoms with Crippen molar-refractivity contribution in [3.63, 3.8) is 0 Å². The highest BCUT2D eigenvalue weighted by Gasteiger charge is 2.35. The molecule has 11 nitrogen and oxygen atoms in total. The number of benzene rings is 1. The van der Waals surface area contributed by atoms with Crippen molar-refractivity contribution in [2.75, 3.05) is 46.9 Å². The summed E-state index contributed by atoms with van der Waals surface area (Å²) in [4.78, 5) is 22.0. The van der Waals surface area contributed by atoms with E-state index in [-0.39, 0.29) is 23.7 Å². The lowest BCUT2D eigenvalue weighted by molar-refractivity contribution is 0.0292. The van der Waals surface area contributed by atoms with Crippen LogP contribution in [0.1, 0.15) is 28.2 Å². The lowest BCUT2D eigenvalue weighted by Crippen LogP contribution is -2.44. The van der Waals surface area contributed by atoms with Crippen LogP contribution in [-0.2, 0) is 24.4 Å². The Labute approximate surface area is 222 Å². The molecule has 0 radical (unpaired) electrons. The molecule has 3 aromatic rings. The number of likely N-dealkylation sites (tertiary alicyclic amines) is 1. The lowest BCUT2D eigenvalue weighted by Gasteiger charge is -2.20. The zero-order valence-corrected chi connectivity index (χ0v) is 22.0. The fraction of sp³-hybridized carbons (Fsp3) is 0.481. The number of amides is 1. The van der Waals surface area contributed by atoms with Crippen molar-refractivity contribution >= 4 is 5.91 Å². The first-order valence-corrected chi connectivity index (χ1v) is 13.0. The zero-order valence-electron chi connectivity index (χ0n) is 22.0. The Morgan fingerprint density at radius 3 is 3.03 bits per heavy atom. The molecule has 4 heterocycles. The molecule has 1 amide bonds. The standard InChI is InChI=1S/C27H35N7O4/c1-32(2)10-5-12-36-22-7-3-6-20(14-22)15-33-17-23-25(18-33)38-19-21-16-34(31-30-21)11-13-37-24-8-4-9-28-26(24)27(35)29-23/h3-4,6-9,14,16,23,25H,5,10-13,15,17-19H2,1-2H3,(H,29,35)/t23-,25-/m0/s1. The molecule has 5 rings (SSSR count). The second-order valence-electron chi connectivity index (χ2n) is 9.95. The molecule has 0 unspecified atom stereocenters. The van der Waals surface area contributed by atoms with E-state index in [1.54, 1.807) is 23.0 Å². The van der Waals surface area contributed by atoms with Gasteiger partial charge in [0.2, 0.25) is 0 Å². The molecule has 2 aliphatic heterocycles. The minimum atomic E-state index is -0.275. The molecule has 1 fully saturated rings. The number of hydrogen-bond donors (Lipinski definition) is 1. The number of fused-ring (bicyclic) bond motifs is 4. The van der Waals surface area contributed by atoms with Crippen LogP contribution in [0.2, 0.25) is 0 Å². The van der Waals surface area contributed by atoms with Crippen molar-refractivity contribution < 1.29 is 19.0 Å². The van der Waals surface area contributed by atoms with Gasteiger partial charge in [-0.1, -0.05) is 17.3 Å². The van der Waals surface area contributed by atoms with Crippen molar-refractivity contribution in [2.45, 2.75) is 38.3 Å². The van der Waals surface area contributed by atoms with Crippen LogP contribution in [0.3, 0.4) is 0 Å².